The van der Waals surface area contributed by atoms with Gasteiger partial charge in [-0.15, -0.1) is 0 Å². The summed E-state index contributed by atoms with van der Waals surface area (Å²) in [5.74, 6) is 0.890. The number of aliphatic hydroxyl groups is 2. The van der Waals surface area contributed by atoms with E-state index in [1.165, 1.54) is 0 Å². The van der Waals surface area contributed by atoms with Gasteiger partial charge in [0, 0.05) is 18.0 Å². The minimum atomic E-state index is -0.267. The zero-order valence-electron chi connectivity index (χ0n) is 9.10. The number of ether oxygens (including phenoxy) is 1. The molecule has 1 atom stereocenters. The van der Waals surface area contributed by atoms with Crippen LogP contribution in [0.1, 0.15) is 18.0 Å². The Hall–Kier alpha value is -1.10. The molecule has 1 aromatic carbocycles. The first-order chi connectivity index (χ1) is 7.85. The number of aliphatic hydroxyl groups excluding tert-OH is 2. The van der Waals surface area contributed by atoms with Crippen LogP contribution in [0, 0.1) is 0 Å². The van der Waals surface area contributed by atoms with E-state index < -0.39 is 0 Å². The topological polar surface area (TPSA) is 61.7 Å². The van der Waals surface area contributed by atoms with E-state index >= 15 is 0 Å². The molecule has 0 fully saturated rings. The second kappa shape index (κ2) is 5.30. The lowest BCUT2D eigenvalue weighted by atomic mass is 10.00. The highest BCUT2D eigenvalue weighted by molar-refractivity contribution is 5.37. The predicted octanol–water partition coefficient (Wildman–Crippen LogP) is 0.453. The standard InChI is InChI=1S/C12H17NO3/c14-7-9(8-15)13-11-5-6-16-12-4-2-1-3-10(11)12/h1-4,9,11,13-15H,5-8H2. The van der Waals surface area contributed by atoms with Crippen LogP contribution in [0.25, 0.3) is 0 Å². The number of nitrogens with one attached hydrogen (secondary N) is 1. The molecule has 88 valence electrons. The van der Waals surface area contributed by atoms with Gasteiger partial charge in [-0.05, 0) is 6.07 Å². The van der Waals surface area contributed by atoms with Crippen molar-refractivity contribution in [3.63, 3.8) is 0 Å². The summed E-state index contributed by atoms with van der Waals surface area (Å²) in [6, 6.07) is 7.74. The van der Waals surface area contributed by atoms with Crippen molar-refractivity contribution in [1.82, 2.24) is 5.32 Å². The minimum absolute atomic E-state index is 0.0595. The zero-order valence-corrected chi connectivity index (χ0v) is 9.10. The SMILES string of the molecule is OCC(CO)NC1CCOc2ccccc21. The van der Waals surface area contributed by atoms with Crippen molar-refractivity contribution in [2.75, 3.05) is 19.8 Å². The number of hydrogen-bond donors (Lipinski definition) is 3. The van der Waals surface area contributed by atoms with E-state index in [2.05, 4.69) is 5.32 Å². The average Bonchev–Trinajstić information content (AvgIpc) is 2.36. The highest BCUT2D eigenvalue weighted by atomic mass is 16.5. The average molecular weight is 223 g/mol. The van der Waals surface area contributed by atoms with Crippen molar-refractivity contribution in [3.8, 4) is 5.75 Å². The summed E-state index contributed by atoms with van der Waals surface area (Å²) in [6.07, 6.45) is 0.855. The number of hydrogen-bond acceptors (Lipinski definition) is 4. The molecule has 0 aromatic heterocycles. The maximum atomic E-state index is 9.05. The second-order valence-electron chi connectivity index (χ2n) is 3.96. The molecule has 0 bridgehead atoms. The summed E-state index contributed by atoms with van der Waals surface area (Å²) in [7, 11) is 0. The molecule has 1 unspecified atom stereocenters. The first-order valence-corrected chi connectivity index (χ1v) is 5.54. The monoisotopic (exact) mass is 223 g/mol. The quantitative estimate of drug-likeness (QED) is 0.693. The third-order valence-electron chi connectivity index (χ3n) is 2.84. The summed E-state index contributed by atoms with van der Waals surface area (Å²) >= 11 is 0. The Kier molecular flexibility index (Phi) is 3.77. The third-order valence-corrected chi connectivity index (χ3v) is 2.84. The normalized spacial score (nSPS) is 19.3. The molecule has 1 aliphatic rings. The lowest BCUT2D eigenvalue weighted by Gasteiger charge is -2.29. The number of fused-ring (bicyclic) bond motifs is 1. The van der Waals surface area contributed by atoms with E-state index in [1.54, 1.807) is 0 Å². The fraction of sp³-hybridized carbons (Fsp3) is 0.500. The molecule has 0 aliphatic carbocycles. The molecular weight excluding hydrogens is 206 g/mol. The molecule has 3 N–H and O–H groups in total. The fourth-order valence-corrected chi connectivity index (χ4v) is 1.96. The van der Waals surface area contributed by atoms with Crippen molar-refractivity contribution >= 4 is 0 Å². The summed E-state index contributed by atoms with van der Waals surface area (Å²) in [4.78, 5) is 0. The minimum Gasteiger partial charge on any atom is -0.493 e. The number of benzene rings is 1. The molecule has 0 radical (unpaired) electrons. The van der Waals surface area contributed by atoms with Crippen LogP contribution in [0.3, 0.4) is 0 Å². The zero-order chi connectivity index (χ0) is 11.4. The first kappa shape index (κ1) is 11.4. The highest BCUT2D eigenvalue weighted by Gasteiger charge is 2.22. The Morgan fingerprint density at radius 1 is 1.31 bits per heavy atom. The summed E-state index contributed by atoms with van der Waals surface area (Å²) in [5, 5.41) is 21.3. The third kappa shape index (κ3) is 2.35. The van der Waals surface area contributed by atoms with Crippen LogP contribution in [-0.2, 0) is 0 Å². The molecule has 1 aromatic rings. The van der Waals surface area contributed by atoms with E-state index in [9.17, 15) is 0 Å². The molecule has 0 saturated heterocycles. The Balaban J connectivity index is 2.12. The molecule has 4 heteroatoms. The van der Waals surface area contributed by atoms with Crippen molar-refractivity contribution in [3.05, 3.63) is 29.8 Å². The lowest BCUT2D eigenvalue weighted by molar-refractivity contribution is 0.150. The maximum Gasteiger partial charge on any atom is 0.124 e. The van der Waals surface area contributed by atoms with E-state index in [4.69, 9.17) is 14.9 Å². The van der Waals surface area contributed by atoms with E-state index in [1.807, 2.05) is 24.3 Å². The van der Waals surface area contributed by atoms with Gasteiger partial charge < -0.3 is 20.3 Å². The van der Waals surface area contributed by atoms with Crippen molar-refractivity contribution in [2.45, 2.75) is 18.5 Å². The summed E-state index contributed by atoms with van der Waals surface area (Å²) in [5.41, 5.74) is 1.10. The Labute approximate surface area is 94.9 Å². The molecule has 0 saturated carbocycles. The van der Waals surface area contributed by atoms with Crippen LogP contribution in [0.4, 0.5) is 0 Å². The van der Waals surface area contributed by atoms with E-state index in [-0.39, 0.29) is 25.3 Å². The Morgan fingerprint density at radius 2 is 2.06 bits per heavy atom. The molecule has 0 amide bonds. The van der Waals surface area contributed by atoms with Crippen LogP contribution in [0.5, 0.6) is 5.75 Å². The van der Waals surface area contributed by atoms with E-state index in [0.29, 0.717) is 6.61 Å². The van der Waals surface area contributed by atoms with Gasteiger partial charge in [0.2, 0.25) is 0 Å². The van der Waals surface area contributed by atoms with Gasteiger partial charge in [-0.3, -0.25) is 0 Å². The van der Waals surface area contributed by atoms with Gasteiger partial charge >= 0.3 is 0 Å². The van der Waals surface area contributed by atoms with Crippen molar-refractivity contribution in [2.24, 2.45) is 0 Å². The first-order valence-electron chi connectivity index (χ1n) is 5.54. The smallest absolute Gasteiger partial charge is 0.124 e. The Morgan fingerprint density at radius 3 is 2.81 bits per heavy atom. The van der Waals surface area contributed by atoms with Crippen LogP contribution in [0.15, 0.2) is 24.3 Å². The summed E-state index contributed by atoms with van der Waals surface area (Å²) < 4.78 is 5.54. The molecule has 16 heavy (non-hydrogen) atoms. The second-order valence-corrected chi connectivity index (χ2v) is 3.96. The van der Waals surface area contributed by atoms with Gasteiger partial charge in [0.15, 0.2) is 0 Å². The molecule has 4 nitrogen and oxygen atoms in total. The Bertz CT molecular complexity index is 339. The maximum absolute atomic E-state index is 9.05. The van der Waals surface area contributed by atoms with E-state index in [0.717, 1.165) is 17.7 Å². The molecular formula is C12H17NO3. The largest absolute Gasteiger partial charge is 0.493 e. The van der Waals surface area contributed by atoms with Gasteiger partial charge in [-0.2, -0.15) is 0 Å². The van der Waals surface area contributed by atoms with Gasteiger partial charge in [-0.1, -0.05) is 18.2 Å². The summed E-state index contributed by atoms with van der Waals surface area (Å²) in [6.45, 7) is 0.546. The number of rotatable bonds is 4. The van der Waals surface area contributed by atoms with Gasteiger partial charge in [0.25, 0.3) is 0 Å². The highest BCUT2D eigenvalue weighted by Crippen LogP contribution is 2.31. The number of para-hydroxylation sites is 1. The van der Waals surface area contributed by atoms with Gasteiger partial charge in [0.1, 0.15) is 5.75 Å². The van der Waals surface area contributed by atoms with Crippen LogP contribution < -0.4 is 10.1 Å². The van der Waals surface area contributed by atoms with Crippen molar-refractivity contribution < 1.29 is 14.9 Å². The fourth-order valence-electron chi connectivity index (χ4n) is 1.96. The molecule has 2 rings (SSSR count). The van der Waals surface area contributed by atoms with Gasteiger partial charge in [-0.25, -0.2) is 0 Å². The van der Waals surface area contributed by atoms with Gasteiger partial charge in [0.05, 0.1) is 25.9 Å². The van der Waals surface area contributed by atoms with Crippen LogP contribution in [0.2, 0.25) is 0 Å². The van der Waals surface area contributed by atoms with Crippen molar-refractivity contribution in [1.29, 1.82) is 0 Å². The lowest BCUT2D eigenvalue weighted by Crippen LogP contribution is -2.40. The van der Waals surface area contributed by atoms with Crippen LogP contribution >= 0.6 is 0 Å². The molecule has 1 heterocycles. The predicted molar refractivity (Wildman–Crippen MR) is 60.4 cm³/mol. The van der Waals surface area contributed by atoms with Crippen LogP contribution in [-0.4, -0.2) is 36.1 Å². The molecule has 1 aliphatic heterocycles. The molecule has 0 spiro atoms.